The van der Waals surface area contributed by atoms with Gasteiger partial charge in [-0.1, -0.05) is 20.3 Å². The van der Waals surface area contributed by atoms with Crippen molar-refractivity contribution in [3.8, 4) is 0 Å². The van der Waals surface area contributed by atoms with Gasteiger partial charge in [0.15, 0.2) is 0 Å². The van der Waals surface area contributed by atoms with Crippen molar-refractivity contribution in [1.29, 1.82) is 0 Å². The average Bonchev–Trinajstić information content (AvgIpc) is 1.84. The fourth-order valence-corrected chi connectivity index (χ4v) is 1.02. The van der Waals surface area contributed by atoms with Crippen LogP contribution in [-0.4, -0.2) is 11.0 Å². The largest absolute Gasteiger partial charge is 0.178 e. The van der Waals surface area contributed by atoms with Crippen molar-refractivity contribution in [1.82, 2.24) is 0 Å². The maximum atomic E-state index is 4.33. The molecule has 2 unspecified atom stereocenters. The summed E-state index contributed by atoms with van der Waals surface area (Å²) >= 11 is 8.46. The van der Waals surface area contributed by atoms with Gasteiger partial charge in [0.1, 0.15) is 0 Å². The molecule has 50 valence electrons. The molecule has 0 aliphatic heterocycles. The molecule has 0 aliphatic carbocycles. The predicted molar refractivity (Wildman–Crippen MR) is 46.1 cm³/mol. The van der Waals surface area contributed by atoms with Crippen LogP contribution in [0.15, 0.2) is 0 Å². The molecule has 0 radical (unpaired) electrons. The van der Waals surface area contributed by atoms with Gasteiger partial charge in [-0.2, -0.15) is 25.3 Å². The Balaban J connectivity index is 3.29. The first-order valence-electron chi connectivity index (χ1n) is 3.01. The minimum atomic E-state index is 0.475. The van der Waals surface area contributed by atoms with Crippen LogP contribution in [0.2, 0.25) is 0 Å². The lowest BCUT2D eigenvalue weighted by Crippen LogP contribution is -2.11. The first kappa shape index (κ1) is 8.70. The number of hydrogen-bond donors (Lipinski definition) is 2. The van der Waals surface area contributed by atoms with Gasteiger partial charge in [-0.3, -0.25) is 0 Å². The summed E-state index contributed by atoms with van der Waals surface area (Å²) < 4.78 is 0. The lowest BCUT2D eigenvalue weighted by atomic mass is 10.1. The summed E-state index contributed by atoms with van der Waals surface area (Å²) in [6.07, 6.45) is 1.20. The Hall–Kier alpha value is 0.700. The normalized spacial score (nSPS) is 18.0. The van der Waals surface area contributed by atoms with E-state index in [1.165, 1.54) is 6.42 Å². The van der Waals surface area contributed by atoms with Crippen LogP contribution in [0.4, 0.5) is 0 Å². The zero-order chi connectivity index (χ0) is 6.57. The molecule has 0 bridgehead atoms. The highest BCUT2D eigenvalue weighted by Gasteiger charge is 2.07. The average molecular weight is 150 g/mol. The molecule has 0 nitrogen and oxygen atoms in total. The molecular formula is C6H14S2. The van der Waals surface area contributed by atoms with E-state index in [0.29, 0.717) is 11.2 Å². The lowest BCUT2D eigenvalue weighted by Gasteiger charge is -2.13. The van der Waals surface area contributed by atoms with Crippen LogP contribution in [0, 0.1) is 5.92 Å². The minimum Gasteiger partial charge on any atom is -0.178 e. The summed E-state index contributed by atoms with van der Waals surface area (Å²) in [5.41, 5.74) is 0. The standard InChI is InChI=1S/C6H14S2/c1-3-5(2)6(8)4-7/h5-8H,3-4H2,1-2H3. The highest BCUT2D eigenvalue weighted by Crippen LogP contribution is 2.13. The fourth-order valence-electron chi connectivity index (χ4n) is 0.452. The van der Waals surface area contributed by atoms with Crippen LogP contribution >= 0.6 is 25.3 Å². The molecule has 0 aromatic heterocycles. The Morgan fingerprint density at radius 3 is 2.12 bits per heavy atom. The van der Waals surface area contributed by atoms with Gasteiger partial charge in [-0.25, -0.2) is 0 Å². The van der Waals surface area contributed by atoms with Crippen LogP contribution < -0.4 is 0 Å². The van der Waals surface area contributed by atoms with Gasteiger partial charge < -0.3 is 0 Å². The van der Waals surface area contributed by atoms with E-state index >= 15 is 0 Å². The van der Waals surface area contributed by atoms with E-state index in [2.05, 4.69) is 39.1 Å². The van der Waals surface area contributed by atoms with Gasteiger partial charge in [0.25, 0.3) is 0 Å². The number of hydrogen-bond acceptors (Lipinski definition) is 2. The summed E-state index contributed by atoms with van der Waals surface area (Å²) in [5.74, 6) is 1.59. The quantitative estimate of drug-likeness (QED) is 0.567. The van der Waals surface area contributed by atoms with Crippen molar-refractivity contribution in [2.75, 3.05) is 5.75 Å². The maximum absolute atomic E-state index is 4.33. The van der Waals surface area contributed by atoms with Crippen LogP contribution in [0.5, 0.6) is 0 Å². The molecule has 0 rings (SSSR count). The second-order valence-electron chi connectivity index (χ2n) is 2.14. The molecule has 0 spiro atoms. The van der Waals surface area contributed by atoms with Gasteiger partial charge in [0.2, 0.25) is 0 Å². The topological polar surface area (TPSA) is 0 Å². The van der Waals surface area contributed by atoms with E-state index < -0.39 is 0 Å². The Labute approximate surface area is 62.9 Å². The van der Waals surface area contributed by atoms with Crippen molar-refractivity contribution in [2.24, 2.45) is 5.92 Å². The Bertz CT molecular complexity index is 46.5. The van der Waals surface area contributed by atoms with Crippen LogP contribution in [0.25, 0.3) is 0 Å². The zero-order valence-electron chi connectivity index (χ0n) is 5.46. The zero-order valence-corrected chi connectivity index (χ0v) is 7.25. The third kappa shape index (κ3) is 2.88. The van der Waals surface area contributed by atoms with E-state index in [9.17, 15) is 0 Å². The summed E-state index contributed by atoms with van der Waals surface area (Å²) in [5, 5.41) is 0.475. The first-order valence-corrected chi connectivity index (χ1v) is 4.16. The fraction of sp³-hybridized carbons (Fsp3) is 1.00. The SMILES string of the molecule is CCC(C)C(S)CS. The van der Waals surface area contributed by atoms with Crippen molar-refractivity contribution in [2.45, 2.75) is 25.5 Å². The second-order valence-corrected chi connectivity index (χ2v) is 3.16. The van der Waals surface area contributed by atoms with Crippen molar-refractivity contribution in [3.05, 3.63) is 0 Å². The maximum Gasteiger partial charge on any atom is 0.0130 e. The molecule has 2 atom stereocenters. The van der Waals surface area contributed by atoms with Gasteiger partial charge in [-0.15, -0.1) is 0 Å². The summed E-state index contributed by atoms with van der Waals surface area (Å²) in [6.45, 7) is 4.38. The predicted octanol–water partition coefficient (Wildman–Crippen LogP) is 2.26. The molecule has 2 heteroatoms. The summed E-state index contributed by atoms with van der Waals surface area (Å²) in [4.78, 5) is 0. The van der Waals surface area contributed by atoms with E-state index in [-0.39, 0.29) is 0 Å². The monoisotopic (exact) mass is 150 g/mol. The van der Waals surface area contributed by atoms with Gasteiger partial charge in [-0.05, 0) is 5.92 Å². The van der Waals surface area contributed by atoms with Crippen LogP contribution in [-0.2, 0) is 0 Å². The molecule has 0 aromatic carbocycles. The van der Waals surface area contributed by atoms with Gasteiger partial charge in [0.05, 0.1) is 0 Å². The summed E-state index contributed by atoms with van der Waals surface area (Å²) in [6, 6.07) is 0. The minimum absolute atomic E-state index is 0.475. The van der Waals surface area contributed by atoms with Crippen molar-refractivity contribution >= 4 is 25.3 Å². The number of thiol groups is 2. The molecule has 0 saturated carbocycles. The Morgan fingerprint density at radius 2 is 2.00 bits per heavy atom. The van der Waals surface area contributed by atoms with Crippen LogP contribution in [0.3, 0.4) is 0 Å². The Morgan fingerprint density at radius 1 is 1.50 bits per heavy atom. The smallest absolute Gasteiger partial charge is 0.0130 e. The van der Waals surface area contributed by atoms with E-state index in [4.69, 9.17) is 0 Å². The number of rotatable bonds is 3. The molecular weight excluding hydrogens is 136 g/mol. The first-order chi connectivity index (χ1) is 3.72. The third-order valence-electron chi connectivity index (χ3n) is 1.49. The van der Waals surface area contributed by atoms with Gasteiger partial charge in [0, 0.05) is 11.0 Å². The van der Waals surface area contributed by atoms with E-state index in [1.807, 2.05) is 0 Å². The van der Waals surface area contributed by atoms with Gasteiger partial charge >= 0.3 is 0 Å². The molecule has 0 fully saturated rings. The summed E-state index contributed by atoms with van der Waals surface area (Å²) in [7, 11) is 0. The van der Waals surface area contributed by atoms with Crippen molar-refractivity contribution in [3.63, 3.8) is 0 Å². The molecule has 0 heterocycles. The highest BCUT2D eigenvalue weighted by atomic mass is 32.1. The Kier molecular flexibility index (Phi) is 4.97. The second kappa shape index (κ2) is 4.57. The van der Waals surface area contributed by atoms with Crippen LogP contribution in [0.1, 0.15) is 20.3 Å². The lowest BCUT2D eigenvalue weighted by molar-refractivity contribution is 0.565. The van der Waals surface area contributed by atoms with E-state index in [0.717, 1.165) is 5.75 Å². The molecule has 0 aliphatic rings. The molecule has 0 saturated heterocycles. The molecule has 0 aromatic rings. The highest BCUT2D eigenvalue weighted by molar-refractivity contribution is 7.84. The van der Waals surface area contributed by atoms with E-state index in [1.54, 1.807) is 0 Å². The third-order valence-corrected chi connectivity index (χ3v) is 2.86. The van der Waals surface area contributed by atoms with Crippen molar-refractivity contribution < 1.29 is 0 Å². The molecule has 8 heavy (non-hydrogen) atoms. The molecule has 0 N–H and O–H groups in total. The molecule has 0 amide bonds.